The van der Waals surface area contributed by atoms with Gasteiger partial charge in [0.05, 0.1) is 4.90 Å². The first-order chi connectivity index (χ1) is 11.1. The van der Waals surface area contributed by atoms with Gasteiger partial charge in [-0.2, -0.15) is 17.2 Å². The van der Waals surface area contributed by atoms with Gasteiger partial charge in [0, 0.05) is 0 Å². The first kappa shape index (κ1) is 18.0. The number of alkyl halides is 2. The van der Waals surface area contributed by atoms with Gasteiger partial charge in [0.15, 0.2) is 6.10 Å². The fourth-order valence-corrected chi connectivity index (χ4v) is 3.01. The number of aliphatic carboxylic acids is 1. The van der Waals surface area contributed by atoms with Gasteiger partial charge < -0.3 is 9.90 Å². The van der Waals surface area contributed by atoms with Crippen LogP contribution in [0.5, 0.6) is 0 Å². The van der Waals surface area contributed by atoms with Gasteiger partial charge in [0.1, 0.15) is 5.97 Å². The van der Waals surface area contributed by atoms with Crippen molar-refractivity contribution in [2.45, 2.75) is 23.8 Å². The third-order valence-electron chi connectivity index (χ3n) is 3.24. The third-order valence-corrected chi connectivity index (χ3v) is 4.53. The first-order valence-corrected chi connectivity index (χ1v) is 8.19. The van der Waals surface area contributed by atoms with E-state index in [9.17, 15) is 27.1 Å². The molecule has 0 saturated heterocycles. The smallest absolute Gasteiger partial charge is 0.318 e. The highest BCUT2D eigenvalue weighted by Crippen LogP contribution is 2.37. The van der Waals surface area contributed by atoms with Gasteiger partial charge in [-0.05, 0) is 24.6 Å². The molecule has 0 aliphatic heterocycles. The van der Waals surface area contributed by atoms with E-state index in [4.69, 9.17) is 0 Å². The van der Waals surface area contributed by atoms with Crippen LogP contribution in [0, 0.1) is 6.92 Å². The van der Waals surface area contributed by atoms with Crippen LogP contribution < -0.4 is 5.11 Å². The zero-order valence-corrected chi connectivity index (χ0v) is 13.3. The number of hydrogen-bond acceptors (Lipinski definition) is 5. The molecule has 24 heavy (non-hydrogen) atoms. The van der Waals surface area contributed by atoms with Crippen LogP contribution in [0.1, 0.15) is 17.2 Å². The summed E-state index contributed by atoms with van der Waals surface area (Å²) in [7, 11) is -4.61. The van der Waals surface area contributed by atoms with E-state index in [0.29, 0.717) is 0 Å². The second-order valence-electron chi connectivity index (χ2n) is 5.06. The van der Waals surface area contributed by atoms with Crippen LogP contribution in [-0.2, 0) is 19.1 Å². The maximum atomic E-state index is 14.0. The minimum atomic E-state index is -4.61. The molecule has 0 fully saturated rings. The molecule has 0 spiro atoms. The monoisotopic (exact) mass is 355 g/mol. The van der Waals surface area contributed by atoms with Gasteiger partial charge in [-0.15, -0.1) is 0 Å². The quantitative estimate of drug-likeness (QED) is 0.738. The Bertz CT molecular complexity index is 817. The molecule has 128 valence electrons. The molecule has 2 rings (SSSR count). The molecule has 0 bridgehead atoms. The van der Waals surface area contributed by atoms with Crippen molar-refractivity contribution in [1.82, 2.24) is 0 Å². The normalized spacial score (nSPS) is 13.5. The van der Waals surface area contributed by atoms with E-state index < -0.39 is 28.1 Å². The van der Waals surface area contributed by atoms with Crippen LogP contribution in [0.15, 0.2) is 59.5 Å². The number of carbonyl (C=O) groups excluding carboxylic acids is 1. The van der Waals surface area contributed by atoms with Gasteiger partial charge in [0.2, 0.25) is 0 Å². The van der Waals surface area contributed by atoms with Crippen molar-refractivity contribution in [3.63, 3.8) is 0 Å². The van der Waals surface area contributed by atoms with Gasteiger partial charge >= 0.3 is 5.92 Å². The molecule has 5 nitrogen and oxygen atoms in total. The highest BCUT2D eigenvalue weighted by Gasteiger charge is 2.46. The van der Waals surface area contributed by atoms with Crippen LogP contribution in [-0.4, -0.2) is 20.3 Å². The van der Waals surface area contributed by atoms with Crippen LogP contribution in [0.2, 0.25) is 0 Å². The maximum Gasteiger partial charge on any atom is 0.318 e. The fraction of sp³-hybridized carbons (Fsp3) is 0.188. The lowest BCUT2D eigenvalue weighted by molar-refractivity contribution is -0.335. The van der Waals surface area contributed by atoms with Gasteiger partial charge in [-0.1, -0.05) is 48.0 Å². The number of benzene rings is 2. The van der Waals surface area contributed by atoms with Crippen LogP contribution in [0.25, 0.3) is 0 Å². The predicted octanol–water partition coefficient (Wildman–Crippen LogP) is 1.83. The average molecular weight is 355 g/mol. The van der Waals surface area contributed by atoms with E-state index in [-0.39, 0.29) is 10.5 Å². The molecule has 0 radical (unpaired) electrons. The number of halogens is 2. The highest BCUT2D eigenvalue weighted by atomic mass is 32.2. The number of carboxylic acids is 1. The van der Waals surface area contributed by atoms with Crippen molar-refractivity contribution in [2.75, 3.05) is 0 Å². The largest absolute Gasteiger partial charge is 0.544 e. The Balaban J connectivity index is 2.45. The Hall–Kier alpha value is -2.32. The zero-order valence-electron chi connectivity index (χ0n) is 12.5. The van der Waals surface area contributed by atoms with E-state index in [1.54, 1.807) is 6.92 Å². The Morgan fingerprint density at radius 1 is 1.08 bits per heavy atom. The van der Waals surface area contributed by atoms with Crippen LogP contribution >= 0.6 is 0 Å². The van der Waals surface area contributed by atoms with Crippen LogP contribution in [0.4, 0.5) is 8.78 Å². The van der Waals surface area contributed by atoms with Crippen molar-refractivity contribution < 1.29 is 31.3 Å². The maximum absolute atomic E-state index is 14.0. The van der Waals surface area contributed by atoms with E-state index in [1.165, 1.54) is 42.5 Å². The summed E-state index contributed by atoms with van der Waals surface area (Å²) in [6.07, 6.45) is -2.55. The first-order valence-electron chi connectivity index (χ1n) is 6.79. The predicted molar refractivity (Wildman–Crippen MR) is 78.6 cm³/mol. The molecule has 1 atom stereocenters. The number of aryl methyl sites for hydroxylation is 1. The fourth-order valence-electron chi connectivity index (χ4n) is 1.95. The summed E-state index contributed by atoms with van der Waals surface area (Å²) in [6.45, 7) is 1.72. The lowest BCUT2D eigenvalue weighted by Crippen LogP contribution is -2.47. The molecular weight excluding hydrogens is 342 g/mol. The third kappa shape index (κ3) is 3.77. The molecule has 0 aliphatic carbocycles. The lowest BCUT2D eigenvalue weighted by Gasteiger charge is -2.27. The van der Waals surface area contributed by atoms with E-state index in [0.717, 1.165) is 17.7 Å². The summed E-state index contributed by atoms with van der Waals surface area (Å²) in [5, 5.41) is 10.8. The SMILES string of the molecule is Cc1ccc(S(=O)(=O)OC(c2ccccc2)C(F)(F)C(=O)[O-])cc1. The number of hydrogen-bond donors (Lipinski definition) is 0. The zero-order chi connectivity index (χ0) is 18.0. The highest BCUT2D eigenvalue weighted by molar-refractivity contribution is 7.86. The van der Waals surface area contributed by atoms with E-state index >= 15 is 0 Å². The van der Waals surface area contributed by atoms with Crippen molar-refractivity contribution in [3.05, 3.63) is 65.7 Å². The summed E-state index contributed by atoms with van der Waals surface area (Å²) in [4.78, 5) is 10.4. The summed E-state index contributed by atoms with van der Waals surface area (Å²) >= 11 is 0. The molecule has 0 heterocycles. The van der Waals surface area contributed by atoms with Gasteiger partial charge in [-0.3, -0.25) is 4.18 Å². The van der Waals surface area contributed by atoms with E-state index in [1.807, 2.05) is 0 Å². The summed E-state index contributed by atoms with van der Waals surface area (Å²) in [5.41, 5.74) is 0.455. The van der Waals surface area contributed by atoms with Crippen molar-refractivity contribution in [2.24, 2.45) is 0 Å². The standard InChI is InChI=1S/C16H14F2O5S/c1-11-7-9-13(10-8-11)24(21,22)23-14(16(17,18)15(19)20)12-5-3-2-4-6-12/h2-10,14H,1H3,(H,19,20)/p-1. The molecule has 0 saturated carbocycles. The number of carbonyl (C=O) groups is 1. The second-order valence-corrected chi connectivity index (χ2v) is 6.64. The van der Waals surface area contributed by atoms with Crippen LogP contribution in [0.3, 0.4) is 0 Å². The molecule has 0 amide bonds. The molecule has 8 heteroatoms. The molecule has 2 aromatic carbocycles. The molecule has 0 aliphatic rings. The van der Waals surface area contributed by atoms with Gasteiger partial charge in [0.25, 0.3) is 10.1 Å². The Kier molecular flexibility index (Phi) is 5.00. The molecule has 2 aromatic rings. The number of rotatable bonds is 6. The van der Waals surface area contributed by atoms with Crippen molar-refractivity contribution in [1.29, 1.82) is 0 Å². The van der Waals surface area contributed by atoms with Gasteiger partial charge in [-0.25, -0.2) is 0 Å². The summed E-state index contributed by atoms with van der Waals surface area (Å²) < 4.78 is 56.9. The van der Waals surface area contributed by atoms with E-state index in [2.05, 4.69) is 4.18 Å². The Morgan fingerprint density at radius 3 is 2.12 bits per heavy atom. The number of carboxylic acid groups (broad SMARTS) is 1. The minimum absolute atomic E-state index is 0.303. The molecule has 0 aromatic heterocycles. The second kappa shape index (κ2) is 6.66. The molecule has 0 N–H and O–H groups in total. The topological polar surface area (TPSA) is 83.5 Å². The van der Waals surface area contributed by atoms with Crippen molar-refractivity contribution in [3.8, 4) is 0 Å². The Morgan fingerprint density at radius 2 is 1.62 bits per heavy atom. The van der Waals surface area contributed by atoms with Crippen molar-refractivity contribution >= 4 is 16.1 Å². The average Bonchev–Trinajstić information content (AvgIpc) is 2.53. The lowest BCUT2D eigenvalue weighted by atomic mass is 10.0. The molecule has 1 unspecified atom stereocenters. The minimum Gasteiger partial charge on any atom is -0.544 e. The summed E-state index contributed by atoms with van der Waals surface area (Å²) in [6, 6.07) is 11.8. The summed E-state index contributed by atoms with van der Waals surface area (Å²) in [5.74, 6) is -7.27. The Labute approximate surface area is 137 Å². The molecular formula is C16H13F2O5S-.